The van der Waals surface area contributed by atoms with Crippen LogP contribution in [0, 0.1) is 0 Å². The zero-order valence-electron chi connectivity index (χ0n) is 10.7. The summed E-state index contributed by atoms with van der Waals surface area (Å²) in [5, 5.41) is 12.5. The van der Waals surface area contributed by atoms with Crippen LogP contribution in [0.15, 0.2) is 42.6 Å². The largest absolute Gasteiger partial charge is 0.396 e. The maximum atomic E-state index is 9.15. The fraction of sp³-hybridized carbons (Fsp3) is 0.286. The second kappa shape index (κ2) is 6.82. The van der Waals surface area contributed by atoms with E-state index in [1.54, 1.807) is 12.3 Å². The highest BCUT2D eigenvalue weighted by molar-refractivity contribution is 5.25. The molecule has 0 spiro atoms. The Morgan fingerprint density at radius 1 is 1.21 bits per heavy atom. The van der Waals surface area contributed by atoms with Crippen LogP contribution in [0.5, 0.6) is 0 Å². The Bertz CT molecular complexity index is 504. The van der Waals surface area contributed by atoms with Gasteiger partial charge in [-0.05, 0) is 18.1 Å². The van der Waals surface area contributed by atoms with Crippen LogP contribution in [-0.4, -0.2) is 21.7 Å². The van der Waals surface area contributed by atoms with E-state index < -0.39 is 0 Å². The van der Waals surface area contributed by atoms with E-state index in [1.165, 1.54) is 0 Å². The molecule has 0 aliphatic heterocycles. The standard InChI is InChI=1S/C14H18N4O/c15-13-6-8-16-14(18-13)10-17-12(7-9-19)11-4-2-1-3-5-11/h1-6,8,12,17,19H,7,9-10H2,(H2,15,16,18). The first kappa shape index (κ1) is 13.5. The monoisotopic (exact) mass is 258 g/mol. The van der Waals surface area contributed by atoms with Gasteiger partial charge in [-0.25, -0.2) is 9.97 Å². The van der Waals surface area contributed by atoms with Gasteiger partial charge in [-0.2, -0.15) is 0 Å². The lowest BCUT2D eigenvalue weighted by Crippen LogP contribution is -2.23. The molecule has 0 saturated heterocycles. The zero-order valence-corrected chi connectivity index (χ0v) is 10.7. The Morgan fingerprint density at radius 3 is 2.68 bits per heavy atom. The van der Waals surface area contributed by atoms with E-state index in [9.17, 15) is 0 Å². The molecule has 0 radical (unpaired) electrons. The van der Waals surface area contributed by atoms with Gasteiger partial charge in [0.15, 0.2) is 0 Å². The highest BCUT2D eigenvalue weighted by atomic mass is 16.3. The summed E-state index contributed by atoms with van der Waals surface area (Å²) in [7, 11) is 0. The minimum atomic E-state index is 0.0798. The second-order valence-corrected chi connectivity index (χ2v) is 4.25. The van der Waals surface area contributed by atoms with Crippen LogP contribution in [0.25, 0.3) is 0 Å². The molecule has 1 unspecified atom stereocenters. The van der Waals surface area contributed by atoms with E-state index in [2.05, 4.69) is 15.3 Å². The van der Waals surface area contributed by atoms with Crippen molar-refractivity contribution >= 4 is 5.82 Å². The summed E-state index contributed by atoms with van der Waals surface area (Å²) >= 11 is 0. The fourth-order valence-corrected chi connectivity index (χ4v) is 1.92. The summed E-state index contributed by atoms with van der Waals surface area (Å²) in [6, 6.07) is 11.8. The lowest BCUT2D eigenvalue weighted by Gasteiger charge is -2.17. The molecule has 0 bridgehead atoms. The summed E-state index contributed by atoms with van der Waals surface area (Å²) < 4.78 is 0. The minimum absolute atomic E-state index is 0.0798. The predicted molar refractivity (Wildman–Crippen MR) is 74.2 cm³/mol. The zero-order chi connectivity index (χ0) is 13.5. The maximum Gasteiger partial charge on any atom is 0.144 e. The molecule has 100 valence electrons. The van der Waals surface area contributed by atoms with Crippen molar-refractivity contribution in [1.82, 2.24) is 15.3 Å². The molecular weight excluding hydrogens is 240 g/mol. The molecule has 0 aliphatic carbocycles. The van der Waals surface area contributed by atoms with Gasteiger partial charge in [0.05, 0.1) is 6.54 Å². The van der Waals surface area contributed by atoms with Crippen molar-refractivity contribution in [2.24, 2.45) is 0 Å². The third-order valence-electron chi connectivity index (χ3n) is 2.85. The van der Waals surface area contributed by atoms with E-state index in [0.29, 0.717) is 24.6 Å². The van der Waals surface area contributed by atoms with Crippen LogP contribution in [-0.2, 0) is 6.54 Å². The number of benzene rings is 1. The van der Waals surface area contributed by atoms with Crippen molar-refractivity contribution < 1.29 is 5.11 Å². The number of nitrogens with one attached hydrogen (secondary N) is 1. The molecule has 1 aromatic carbocycles. The summed E-state index contributed by atoms with van der Waals surface area (Å²) in [6.07, 6.45) is 2.29. The Hall–Kier alpha value is -1.98. The lowest BCUT2D eigenvalue weighted by atomic mass is 10.0. The quantitative estimate of drug-likeness (QED) is 0.726. The summed E-state index contributed by atoms with van der Waals surface area (Å²) in [6.45, 7) is 0.648. The number of aliphatic hydroxyl groups is 1. The first-order valence-electron chi connectivity index (χ1n) is 6.26. The van der Waals surface area contributed by atoms with Crippen LogP contribution in [0.2, 0.25) is 0 Å². The Labute approximate surface area is 112 Å². The average molecular weight is 258 g/mol. The van der Waals surface area contributed by atoms with Crippen molar-refractivity contribution in [2.75, 3.05) is 12.3 Å². The molecule has 0 saturated carbocycles. The third kappa shape index (κ3) is 4.01. The molecule has 0 aliphatic rings. The second-order valence-electron chi connectivity index (χ2n) is 4.25. The topological polar surface area (TPSA) is 84.1 Å². The number of aromatic nitrogens is 2. The Balaban J connectivity index is 2.01. The van der Waals surface area contributed by atoms with Gasteiger partial charge in [-0.15, -0.1) is 0 Å². The number of aliphatic hydroxyl groups excluding tert-OH is 1. The Morgan fingerprint density at radius 2 is 2.00 bits per heavy atom. The van der Waals surface area contributed by atoms with Crippen LogP contribution < -0.4 is 11.1 Å². The van der Waals surface area contributed by atoms with E-state index >= 15 is 0 Å². The van der Waals surface area contributed by atoms with Crippen LogP contribution in [0.3, 0.4) is 0 Å². The van der Waals surface area contributed by atoms with Crippen molar-refractivity contribution in [3.63, 3.8) is 0 Å². The molecule has 0 fully saturated rings. The molecule has 1 atom stereocenters. The van der Waals surface area contributed by atoms with E-state index in [4.69, 9.17) is 10.8 Å². The number of rotatable bonds is 6. The smallest absolute Gasteiger partial charge is 0.144 e. The van der Waals surface area contributed by atoms with Gasteiger partial charge in [0.25, 0.3) is 0 Å². The van der Waals surface area contributed by atoms with Gasteiger partial charge >= 0.3 is 0 Å². The molecular formula is C14H18N4O. The van der Waals surface area contributed by atoms with E-state index in [0.717, 1.165) is 5.56 Å². The summed E-state index contributed by atoms with van der Waals surface area (Å²) in [5.74, 6) is 1.11. The maximum absolute atomic E-state index is 9.15. The molecule has 0 amide bonds. The van der Waals surface area contributed by atoms with E-state index in [-0.39, 0.29) is 12.6 Å². The lowest BCUT2D eigenvalue weighted by molar-refractivity contribution is 0.264. The third-order valence-corrected chi connectivity index (χ3v) is 2.85. The van der Waals surface area contributed by atoms with Gasteiger partial charge in [0.2, 0.25) is 0 Å². The SMILES string of the molecule is Nc1ccnc(CNC(CCO)c2ccccc2)n1. The fourth-order valence-electron chi connectivity index (χ4n) is 1.92. The van der Waals surface area contributed by atoms with Crippen molar-refractivity contribution in [1.29, 1.82) is 0 Å². The van der Waals surface area contributed by atoms with Gasteiger partial charge in [0, 0.05) is 18.8 Å². The molecule has 1 aromatic heterocycles. The van der Waals surface area contributed by atoms with Gasteiger partial charge in [0.1, 0.15) is 11.6 Å². The number of anilines is 1. The highest BCUT2D eigenvalue weighted by Crippen LogP contribution is 2.16. The number of nitrogen functional groups attached to an aromatic ring is 1. The van der Waals surface area contributed by atoms with Gasteiger partial charge in [-0.3, -0.25) is 0 Å². The molecule has 1 heterocycles. The summed E-state index contributed by atoms with van der Waals surface area (Å²) in [4.78, 5) is 8.29. The molecule has 2 aromatic rings. The minimum Gasteiger partial charge on any atom is -0.396 e. The van der Waals surface area contributed by atoms with E-state index in [1.807, 2.05) is 30.3 Å². The van der Waals surface area contributed by atoms with Crippen LogP contribution >= 0.6 is 0 Å². The van der Waals surface area contributed by atoms with Crippen molar-refractivity contribution in [2.45, 2.75) is 19.0 Å². The van der Waals surface area contributed by atoms with Crippen molar-refractivity contribution in [3.8, 4) is 0 Å². The molecule has 19 heavy (non-hydrogen) atoms. The number of nitrogens with zero attached hydrogens (tertiary/aromatic N) is 2. The van der Waals surface area contributed by atoms with Gasteiger partial charge < -0.3 is 16.2 Å². The molecule has 4 N–H and O–H groups in total. The summed E-state index contributed by atoms with van der Waals surface area (Å²) in [5.41, 5.74) is 6.76. The van der Waals surface area contributed by atoms with Crippen molar-refractivity contribution in [3.05, 3.63) is 54.0 Å². The predicted octanol–water partition coefficient (Wildman–Crippen LogP) is 1.27. The van der Waals surface area contributed by atoms with Crippen LogP contribution in [0.4, 0.5) is 5.82 Å². The first-order chi connectivity index (χ1) is 9.29. The molecule has 2 rings (SSSR count). The average Bonchev–Trinajstić information content (AvgIpc) is 2.44. The Kier molecular flexibility index (Phi) is 4.83. The number of hydrogen-bond donors (Lipinski definition) is 3. The van der Waals surface area contributed by atoms with Crippen LogP contribution in [0.1, 0.15) is 23.9 Å². The molecule has 5 nitrogen and oxygen atoms in total. The molecule has 5 heteroatoms. The van der Waals surface area contributed by atoms with Gasteiger partial charge in [-0.1, -0.05) is 30.3 Å². The normalized spacial score (nSPS) is 12.3. The highest BCUT2D eigenvalue weighted by Gasteiger charge is 2.10. The number of nitrogens with two attached hydrogens (primary N) is 1. The first-order valence-corrected chi connectivity index (χ1v) is 6.26. The number of hydrogen-bond acceptors (Lipinski definition) is 5.